The summed E-state index contributed by atoms with van der Waals surface area (Å²) in [7, 11) is 0. The van der Waals surface area contributed by atoms with Crippen molar-refractivity contribution in [3.63, 3.8) is 0 Å². The van der Waals surface area contributed by atoms with Gasteiger partial charge in [-0.2, -0.15) is 4.99 Å². The molecule has 1 atom stereocenters. The van der Waals surface area contributed by atoms with Gasteiger partial charge < -0.3 is 10.5 Å². The number of aliphatic imine (C=N–C) groups is 1. The molecule has 0 bridgehead atoms. The number of hydrogen-bond acceptors (Lipinski definition) is 4. The van der Waals surface area contributed by atoms with Gasteiger partial charge in [0.2, 0.25) is 5.90 Å². The second kappa shape index (κ2) is 7.83. The maximum Gasteiger partial charge on any atom is 0.264 e. The van der Waals surface area contributed by atoms with Crippen LogP contribution in [0.4, 0.5) is 8.78 Å². The van der Waals surface area contributed by atoms with Crippen LogP contribution in [0.2, 0.25) is 0 Å². The maximum absolute atomic E-state index is 13.1. The van der Waals surface area contributed by atoms with E-state index in [0.29, 0.717) is 12.5 Å². The summed E-state index contributed by atoms with van der Waals surface area (Å²) in [6, 6.07) is -0.599. The third kappa shape index (κ3) is 5.99. The lowest BCUT2D eigenvalue weighted by Crippen LogP contribution is -2.46. The Balaban J connectivity index is 1.79. The molecule has 3 N–H and O–H groups in total. The number of nitrogens with zero attached hydrogens (tertiary/aromatic N) is 2. The van der Waals surface area contributed by atoms with Gasteiger partial charge in [-0.05, 0) is 31.8 Å². The number of rotatable bonds is 6. The smallest absolute Gasteiger partial charge is 0.264 e. The summed E-state index contributed by atoms with van der Waals surface area (Å²) in [5, 5.41) is 7.58. The van der Waals surface area contributed by atoms with Crippen LogP contribution in [-0.2, 0) is 9.53 Å². The van der Waals surface area contributed by atoms with Crippen molar-refractivity contribution in [1.29, 1.82) is 5.41 Å². The first kappa shape index (κ1) is 18.5. The number of nitrogens with one attached hydrogen (secondary N) is 1. The van der Waals surface area contributed by atoms with Crippen LogP contribution >= 0.6 is 0 Å². The van der Waals surface area contributed by atoms with Crippen molar-refractivity contribution in [3.05, 3.63) is 12.2 Å². The standard InChI is InChI=1S/C16H24F2N4O2/c1-11(22-8-6-16(17,18)7-9-22)15(23)21-13(19)4-5-14(20)24-10-12-2-3-12/h4-5,11-12,20H,2-3,6-10H2,1H3,(H2,19,21,23)/b5-4-,20-14?/t11-/m0/s1. The van der Waals surface area contributed by atoms with Crippen LogP contribution in [0.1, 0.15) is 32.6 Å². The first-order chi connectivity index (χ1) is 11.3. The molecule has 1 saturated carbocycles. The number of likely N-dealkylation sites (tertiary alicyclic amines) is 1. The van der Waals surface area contributed by atoms with Crippen molar-refractivity contribution in [3.8, 4) is 0 Å². The molecular formula is C16H24F2N4O2. The van der Waals surface area contributed by atoms with Crippen LogP contribution in [0, 0.1) is 11.3 Å². The van der Waals surface area contributed by atoms with Gasteiger partial charge in [0.15, 0.2) is 0 Å². The van der Waals surface area contributed by atoms with E-state index < -0.39 is 17.9 Å². The topological polar surface area (TPSA) is 91.8 Å². The summed E-state index contributed by atoms with van der Waals surface area (Å²) < 4.78 is 31.5. The highest BCUT2D eigenvalue weighted by molar-refractivity contribution is 6.04. The molecule has 134 valence electrons. The van der Waals surface area contributed by atoms with Gasteiger partial charge in [-0.3, -0.25) is 15.1 Å². The van der Waals surface area contributed by atoms with Gasteiger partial charge in [0.05, 0.1) is 12.6 Å². The van der Waals surface area contributed by atoms with Gasteiger partial charge in [0.25, 0.3) is 11.8 Å². The van der Waals surface area contributed by atoms with Gasteiger partial charge in [0, 0.05) is 32.0 Å². The van der Waals surface area contributed by atoms with E-state index in [9.17, 15) is 13.6 Å². The predicted octanol–water partition coefficient (Wildman–Crippen LogP) is 1.95. The number of amides is 1. The Kier molecular flexibility index (Phi) is 6.04. The van der Waals surface area contributed by atoms with E-state index in [0.717, 1.165) is 12.8 Å². The summed E-state index contributed by atoms with van der Waals surface area (Å²) in [6.07, 6.45) is 4.45. The summed E-state index contributed by atoms with van der Waals surface area (Å²) in [6.45, 7) is 2.47. The van der Waals surface area contributed by atoms with Crippen LogP contribution < -0.4 is 5.73 Å². The number of piperidine rings is 1. The SMILES string of the molecule is C[C@@H](C(=O)N=C(N)/C=C\C(=N)OCC1CC1)N1CCC(F)(F)CC1. The van der Waals surface area contributed by atoms with Crippen molar-refractivity contribution < 1.29 is 18.3 Å². The summed E-state index contributed by atoms with van der Waals surface area (Å²) in [5.41, 5.74) is 5.65. The lowest BCUT2D eigenvalue weighted by atomic mass is 10.1. The molecule has 0 radical (unpaired) electrons. The van der Waals surface area contributed by atoms with Crippen LogP contribution in [0.3, 0.4) is 0 Å². The molecule has 2 fully saturated rings. The fraction of sp³-hybridized carbons (Fsp3) is 0.688. The highest BCUT2D eigenvalue weighted by Gasteiger charge is 2.36. The van der Waals surface area contributed by atoms with Gasteiger partial charge in [0.1, 0.15) is 5.84 Å². The maximum atomic E-state index is 13.1. The highest BCUT2D eigenvalue weighted by Crippen LogP contribution is 2.29. The zero-order chi connectivity index (χ0) is 17.7. The molecule has 0 unspecified atom stereocenters. The normalized spacial score (nSPS) is 23.2. The first-order valence-electron chi connectivity index (χ1n) is 8.16. The molecule has 0 aromatic heterocycles. The fourth-order valence-corrected chi connectivity index (χ4v) is 2.35. The van der Waals surface area contributed by atoms with E-state index in [1.165, 1.54) is 12.2 Å². The van der Waals surface area contributed by atoms with E-state index in [2.05, 4.69) is 4.99 Å². The number of amidine groups is 1. The van der Waals surface area contributed by atoms with Crippen molar-refractivity contribution in [2.75, 3.05) is 19.7 Å². The van der Waals surface area contributed by atoms with E-state index in [-0.39, 0.29) is 37.7 Å². The van der Waals surface area contributed by atoms with Crippen LogP contribution in [0.5, 0.6) is 0 Å². The van der Waals surface area contributed by atoms with Crippen LogP contribution in [-0.4, -0.2) is 54.2 Å². The average Bonchev–Trinajstić information content (AvgIpc) is 3.34. The van der Waals surface area contributed by atoms with Crippen LogP contribution in [0.15, 0.2) is 17.1 Å². The zero-order valence-corrected chi connectivity index (χ0v) is 13.8. The van der Waals surface area contributed by atoms with Crippen molar-refractivity contribution in [2.45, 2.75) is 44.6 Å². The minimum atomic E-state index is -2.65. The zero-order valence-electron chi connectivity index (χ0n) is 13.8. The minimum Gasteiger partial charge on any atom is -0.478 e. The Hall–Kier alpha value is -1.83. The molecule has 1 aliphatic heterocycles. The third-order valence-corrected chi connectivity index (χ3v) is 4.25. The molecule has 1 aliphatic carbocycles. The molecular weight excluding hydrogens is 318 g/mol. The quantitative estimate of drug-likeness (QED) is 0.570. The molecule has 2 rings (SSSR count). The average molecular weight is 342 g/mol. The number of hydrogen-bond donors (Lipinski definition) is 2. The molecule has 0 spiro atoms. The number of carbonyl (C=O) groups is 1. The molecule has 2 aliphatic rings. The summed E-state index contributed by atoms with van der Waals surface area (Å²) in [4.78, 5) is 17.5. The number of nitrogens with two attached hydrogens (primary N) is 1. The number of alkyl halides is 2. The van der Waals surface area contributed by atoms with E-state index in [1.807, 2.05) is 0 Å². The molecule has 1 amide bonds. The first-order valence-corrected chi connectivity index (χ1v) is 8.16. The Labute approximate surface area is 140 Å². The molecule has 0 aromatic rings. The second-order valence-electron chi connectivity index (χ2n) is 6.39. The second-order valence-corrected chi connectivity index (χ2v) is 6.39. The van der Waals surface area contributed by atoms with E-state index in [4.69, 9.17) is 15.9 Å². The van der Waals surface area contributed by atoms with E-state index in [1.54, 1.807) is 11.8 Å². The Morgan fingerprint density at radius 2 is 2.04 bits per heavy atom. The van der Waals surface area contributed by atoms with Gasteiger partial charge in [-0.1, -0.05) is 0 Å². The Morgan fingerprint density at radius 3 is 2.62 bits per heavy atom. The highest BCUT2D eigenvalue weighted by atomic mass is 19.3. The fourth-order valence-electron chi connectivity index (χ4n) is 2.35. The van der Waals surface area contributed by atoms with Crippen molar-refractivity contribution >= 4 is 17.6 Å². The largest absolute Gasteiger partial charge is 0.478 e. The monoisotopic (exact) mass is 342 g/mol. The minimum absolute atomic E-state index is 0.0289. The molecule has 0 aromatic carbocycles. The molecule has 24 heavy (non-hydrogen) atoms. The lowest BCUT2D eigenvalue weighted by molar-refractivity contribution is -0.125. The summed E-state index contributed by atoms with van der Waals surface area (Å²) in [5.74, 6) is -2.64. The van der Waals surface area contributed by atoms with Crippen molar-refractivity contribution in [2.24, 2.45) is 16.6 Å². The number of ether oxygens (including phenoxy) is 1. The van der Waals surface area contributed by atoms with Crippen LogP contribution in [0.25, 0.3) is 0 Å². The van der Waals surface area contributed by atoms with Gasteiger partial charge >= 0.3 is 0 Å². The molecule has 1 saturated heterocycles. The lowest BCUT2D eigenvalue weighted by Gasteiger charge is -2.34. The van der Waals surface area contributed by atoms with E-state index >= 15 is 0 Å². The molecule has 6 nitrogen and oxygen atoms in total. The van der Waals surface area contributed by atoms with Gasteiger partial charge in [-0.15, -0.1) is 0 Å². The van der Waals surface area contributed by atoms with Crippen molar-refractivity contribution in [1.82, 2.24) is 4.90 Å². The molecule has 8 heteroatoms. The third-order valence-electron chi connectivity index (χ3n) is 4.25. The summed E-state index contributed by atoms with van der Waals surface area (Å²) >= 11 is 0. The number of halogens is 2. The predicted molar refractivity (Wildman–Crippen MR) is 87.4 cm³/mol. The van der Waals surface area contributed by atoms with Gasteiger partial charge in [-0.25, -0.2) is 8.78 Å². The Morgan fingerprint density at radius 1 is 1.42 bits per heavy atom. The Bertz CT molecular complexity index is 534. The number of carbonyl (C=O) groups excluding carboxylic acids is 1. The molecule has 1 heterocycles.